The first-order valence-electron chi connectivity index (χ1n) is 10.3. The number of aliphatic imine (C=N–C) groups is 1. The molecule has 2 heterocycles. The average molecular weight is 451 g/mol. The molecule has 2 aromatic rings. The monoisotopic (exact) mass is 451 g/mol. The molecule has 170 valence electrons. The van der Waals surface area contributed by atoms with E-state index in [1.165, 1.54) is 23.2 Å². The molecule has 10 heteroatoms. The van der Waals surface area contributed by atoms with Gasteiger partial charge in [0.2, 0.25) is 0 Å². The van der Waals surface area contributed by atoms with E-state index in [9.17, 15) is 18.8 Å². The number of hydrogen-bond acceptors (Lipinski definition) is 7. The van der Waals surface area contributed by atoms with Crippen molar-refractivity contribution in [2.45, 2.75) is 0 Å². The second-order valence-electron chi connectivity index (χ2n) is 7.49. The Hall–Kier alpha value is -4.05. The molecular formula is C23H22FN5O4. The predicted molar refractivity (Wildman–Crippen MR) is 118 cm³/mol. The lowest BCUT2D eigenvalue weighted by Crippen LogP contribution is -2.50. The summed E-state index contributed by atoms with van der Waals surface area (Å²) in [6, 6.07) is 14.5. The summed E-state index contributed by atoms with van der Waals surface area (Å²) in [7, 11) is 1.54. The fourth-order valence-electron chi connectivity index (χ4n) is 3.51. The molecule has 9 nitrogen and oxygen atoms in total. The van der Waals surface area contributed by atoms with Crippen LogP contribution in [0.1, 0.15) is 10.4 Å². The molecule has 2 aliphatic heterocycles. The van der Waals surface area contributed by atoms with Crippen LogP contribution < -0.4 is 10.5 Å². The van der Waals surface area contributed by atoms with Gasteiger partial charge in [0.1, 0.15) is 17.2 Å². The van der Waals surface area contributed by atoms with E-state index in [1.54, 1.807) is 54.4 Å². The zero-order valence-electron chi connectivity index (χ0n) is 17.9. The normalized spacial score (nSPS) is 18.0. The lowest BCUT2D eigenvalue weighted by Gasteiger charge is -2.36. The summed E-state index contributed by atoms with van der Waals surface area (Å²) in [6.07, 6.45) is 1.25. The van der Waals surface area contributed by atoms with Crippen molar-refractivity contribution in [1.29, 1.82) is 0 Å². The second kappa shape index (κ2) is 9.61. The number of likely N-dealkylation sites (N-methyl/N-ethyl adjacent to an activating group) is 1. The van der Waals surface area contributed by atoms with Crippen molar-refractivity contribution < 1.29 is 23.6 Å². The van der Waals surface area contributed by atoms with Crippen LogP contribution >= 0.6 is 0 Å². The van der Waals surface area contributed by atoms with Crippen molar-refractivity contribution in [2.75, 3.05) is 38.1 Å². The standard InChI is InChI=1S/C23H22FN5O4/c1-27-20(23(32)33-26-27)15-19(25-21(30)16-5-3-2-4-6-16)22(31)29-13-11-28(12-14-29)18-9-7-17(24)8-10-18/h2-10,15,26H,11-14H2,1H3/b20-15+,25-19?. The number of carbonyl (C=O) groups is 3. The molecule has 4 rings (SSSR count). The molecule has 2 aliphatic rings. The molecule has 0 atom stereocenters. The first-order chi connectivity index (χ1) is 15.9. The number of hydrazine groups is 1. The second-order valence-corrected chi connectivity index (χ2v) is 7.49. The van der Waals surface area contributed by atoms with Crippen molar-refractivity contribution in [2.24, 2.45) is 4.99 Å². The zero-order chi connectivity index (χ0) is 23.4. The van der Waals surface area contributed by atoms with Crippen LogP contribution in [0.15, 0.2) is 71.4 Å². The number of anilines is 1. The number of benzene rings is 2. The van der Waals surface area contributed by atoms with Crippen LogP contribution in [-0.4, -0.2) is 66.6 Å². The SMILES string of the molecule is CN1NOC(=O)/C1=C\C(=NC(=O)c1ccccc1)C(=O)N1CCN(c2ccc(F)cc2)CC1. The van der Waals surface area contributed by atoms with Gasteiger partial charge in [0, 0.05) is 50.6 Å². The zero-order valence-corrected chi connectivity index (χ0v) is 17.9. The number of halogens is 1. The van der Waals surface area contributed by atoms with E-state index in [0.29, 0.717) is 31.7 Å². The van der Waals surface area contributed by atoms with Gasteiger partial charge in [-0.05, 0) is 36.4 Å². The Labute approximate surface area is 189 Å². The van der Waals surface area contributed by atoms with E-state index in [1.807, 2.05) is 4.90 Å². The van der Waals surface area contributed by atoms with Crippen LogP contribution in [0.4, 0.5) is 10.1 Å². The van der Waals surface area contributed by atoms with Gasteiger partial charge in [0.05, 0.1) is 0 Å². The minimum Gasteiger partial charge on any atom is -0.368 e. The lowest BCUT2D eigenvalue weighted by molar-refractivity contribution is -0.142. The van der Waals surface area contributed by atoms with E-state index < -0.39 is 17.8 Å². The highest BCUT2D eigenvalue weighted by Crippen LogP contribution is 2.18. The van der Waals surface area contributed by atoms with Gasteiger partial charge in [-0.25, -0.2) is 14.2 Å². The maximum absolute atomic E-state index is 13.3. The third kappa shape index (κ3) is 5.07. The Bertz CT molecular complexity index is 1110. The molecule has 33 heavy (non-hydrogen) atoms. The molecule has 2 amide bonds. The molecule has 0 aliphatic carbocycles. The molecule has 1 N–H and O–H groups in total. The van der Waals surface area contributed by atoms with Gasteiger partial charge >= 0.3 is 5.97 Å². The molecular weight excluding hydrogens is 429 g/mol. The minimum absolute atomic E-state index is 0.0490. The highest BCUT2D eigenvalue weighted by molar-refractivity contribution is 6.45. The molecule has 0 radical (unpaired) electrons. The minimum atomic E-state index is -0.689. The Morgan fingerprint density at radius 1 is 1.03 bits per heavy atom. The van der Waals surface area contributed by atoms with E-state index >= 15 is 0 Å². The van der Waals surface area contributed by atoms with Crippen LogP contribution in [0.5, 0.6) is 0 Å². The van der Waals surface area contributed by atoms with Crippen LogP contribution in [0.25, 0.3) is 0 Å². The van der Waals surface area contributed by atoms with E-state index in [2.05, 4.69) is 10.6 Å². The predicted octanol–water partition coefficient (Wildman–Crippen LogP) is 1.55. The van der Waals surface area contributed by atoms with Gasteiger partial charge in [-0.2, -0.15) is 0 Å². The highest BCUT2D eigenvalue weighted by atomic mass is 19.1. The topological polar surface area (TPSA) is 94.5 Å². The smallest absolute Gasteiger partial charge is 0.368 e. The number of nitrogens with one attached hydrogen (secondary N) is 1. The van der Waals surface area contributed by atoms with Gasteiger partial charge in [0.25, 0.3) is 11.8 Å². The first-order valence-corrected chi connectivity index (χ1v) is 10.3. The summed E-state index contributed by atoms with van der Waals surface area (Å²) >= 11 is 0. The molecule has 0 saturated carbocycles. The Kier molecular flexibility index (Phi) is 6.45. The van der Waals surface area contributed by atoms with Crippen molar-refractivity contribution in [3.63, 3.8) is 0 Å². The lowest BCUT2D eigenvalue weighted by atomic mass is 10.2. The molecule has 0 bridgehead atoms. The number of piperazine rings is 1. The Balaban J connectivity index is 1.55. The van der Waals surface area contributed by atoms with Crippen LogP contribution in [-0.2, 0) is 14.4 Å². The van der Waals surface area contributed by atoms with E-state index in [-0.39, 0.29) is 17.2 Å². The van der Waals surface area contributed by atoms with Gasteiger partial charge < -0.3 is 14.6 Å². The van der Waals surface area contributed by atoms with Gasteiger partial charge in [-0.15, -0.1) is 0 Å². The van der Waals surface area contributed by atoms with Crippen LogP contribution in [0.3, 0.4) is 0 Å². The maximum Gasteiger partial charge on any atom is 0.376 e. The van der Waals surface area contributed by atoms with Crippen LogP contribution in [0.2, 0.25) is 0 Å². The number of nitrogens with zero attached hydrogens (tertiary/aromatic N) is 4. The molecule has 0 spiro atoms. The molecule has 2 fully saturated rings. The number of amides is 2. The summed E-state index contributed by atoms with van der Waals surface area (Å²) in [5, 5.41) is 1.30. The first kappa shape index (κ1) is 22.2. The molecule has 0 aromatic heterocycles. The quantitative estimate of drug-likeness (QED) is 0.557. The number of carbonyl (C=O) groups excluding carboxylic acids is 3. The third-order valence-corrected chi connectivity index (χ3v) is 5.34. The fraction of sp³-hybridized carbons (Fsp3) is 0.217. The molecule has 0 unspecified atom stereocenters. The summed E-state index contributed by atoms with van der Waals surface area (Å²) < 4.78 is 13.2. The van der Waals surface area contributed by atoms with Crippen molar-refractivity contribution in [3.8, 4) is 0 Å². The maximum atomic E-state index is 13.3. The summed E-state index contributed by atoms with van der Waals surface area (Å²) in [6.45, 7) is 1.79. The summed E-state index contributed by atoms with van der Waals surface area (Å²) in [5.41, 5.74) is 3.44. The van der Waals surface area contributed by atoms with Crippen molar-refractivity contribution >= 4 is 29.2 Å². The van der Waals surface area contributed by atoms with E-state index in [0.717, 1.165) is 5.69 Å². The van der Waals surface area contributed by atoms with Gasteiger partial charge in [-0.3, -0.25) is 14.6 Å². The summed E-state index contributed by atoms with van der Waals surface area (Å²) in [4.78, 5) is 50.4. The Morgan fingerprint density at radius 3 is 2.30 bits per heavy atom. The number of rotatable bonds is 4. The Morgan fingerprint density at radius 2 is 1.70 bits per heavy atom. The van der Waals surface area contributed by atoms with E-state index in [4.69, 9.17) is 4.84 Å². The van der Waals surface area contributed by atoms with Crippen molar-refractivity contribution in [1.82, 2.24) is 15.5 Å². The van der Waals surface area contributed by atoms with Crippen molar-refractivity contribution in [3.05, 3.63) is 77.8 Å². The average Bonchev–Trinajstić information content (AvgIpc) is 3.16. The molecule has 2 saturated heterocycles. The van der Waals surface area contributed by atoms with Gasteiger partial charge in [-0.1, -0.05) is 23.8 Å². The largest absolute Gasteiger partial charge is 0.376 e. The highest BCUT2D eigenvalue weighted by Gasteiger charge is 2.29. The molecule has 2 aromatic carbocycles. The summed E-state index contributed by atoms with van der Waals surface area (Å²) in [5.74, 6) is -2.07. The number of hydrogen-bond donors (Lipinski definition) is 1. The van der Waals surface area contributed by atoms with Crippen LogP contribution in [0, 0.1) is 5.82 Å². The van der Waals surface area contributed by atoms with Gasteiger partial charge in [0.15, 0.2) is 0 Å². The third-order valence-electron chi connectivity index (χ3n) is 5.34. The fourth-order valence-corrected chi connectivity index (χ4v) is 3.51.